The van der Waals surface area contributed by atoms with Gasteiger partial charge >= 0.3 is 0 Å². The molecule has 0 bridgehead atoms. The van der Waals surface area contributed by atoms with E-state index in [1.165, 1.54) is 0 Å². The van der Waals surface area contributed by atoms with Crippen LogP contribution in [-0.2, 0) is 6.54 Å². The first kappa shape index (κ1) is 15.5. The van der Waals surface area contributed by atoms with Crippen molar-refractivity contribution in [3.8, 4) is 17.2 Å². The molecule has 0 aliphatic carbocycles. The summed E-state index contributed by atoms with van der Waals surface area (Å²) in [4.78, 5) is 0. The molecule has 0 heterocycles. The van der Waals surface area contributed by atoms with E-state index in [-0.39, 0.29) is 5.75 Å². The van der Waals surface area contributed by atoms with E-state index in [2.05, 4.69) is 21.2 Å². The van der Waals surface area contributed by atoms with Crippen LogP contribution in [0.5, 0.6) is 17.2 Å². The zero-order valence-corrected chi connectivity index (χ0v) is 13.6. The lowest BCUT2D eigenvalue weighted by Crippen LogP contribution is -2.01. The number of para-hydroxylation sites is 1. The van der Waals surface area contributed by atoms with Crippen molar-refractivity contribution in [2.75, 3.05) is 19.0 Å². The number of aromatic hydroxyl groups is 1. The molecule has 4 nitrogen and oxygen atoms in total. The van der Waals surface area contributed by atoms with Crippen LogP contribution in [0, 0.1) is 0 Å². The lowest BCUT2D eigenvalue weighted by molar-refractivity contribution is 0.317. The minimum absolute atomic E-state index is 0.180. The van der Waals surface area contributed by atoms with Gasteiger partial charge in [0.25, 0.3) is 0 Å². The predicted molar refractivity (Wildman–Crippen MR) is 87.3 cm³/mol. The number of ether oxygens (including phenoxy) is 2. The van der Waals surface area contributed by atoms with Crippen molar-refractivity contribution in [3.63, 3.8) is 0 Å². The molecule has 2 aromatic rings. The molecule has 0 radical (unpaired) electrons. The standard InChI is InChI=1S/C16H18BrNO3/c1-3-21-15-6-4-5-11(16(15)19)10-18-12-7-8-14(20-2)13(17)9-12/h4-9,18-19H,3,10H2,1-2H3. The van der Waals surface area contributed by atoms with Crippen LogP contribution in [-0.4, -0.2) is 18.8 Å². The van der Waals surface area contributed by atoms with E-state index >= 15 is 0 Å². The third-order valence-electron chi connectivity index (χ3n) is 3.02. The number of methoxy groups -OCH3 is 1. The van der Waals surface area contributed by atoms with Gasteiger partial charge in [-0.3, -0.25) is 0 Å². The SMILES string of the molecule is CCOc1cccc(CNc2ccc(OC)c(Br)c2)c1O. The van der Waals surface area contributed by atoms with Crippen molar-refractivity contribution in [2.45, 2.75) is 13.5 Å². The molecule has 2 N–H and O–H groups in total. The molecule has 2 aromatic carbocycles. The van der Waals surface area contributed by atoms with Gasteiger partial charge in [-0.15, -0.1) is 0 Å². The Morgan fingerprint density at radius 2 is 2.00 bits per heavy atom. The van der Waals surface area contributed by atoms with Crippen molar-refractivity contribution in [3.05, 3.63) is 46.4 Å². The monoisotopic (exact) mass is 351 g/mol. The van der Waals surface area contributed by atoms with Crippen molar-refractivity contribution in [2.24, 2.45) is 0 Å². The van der Waals surface area contributed by atoms with Gasteiger partial charge in [0.05, 0.1) is 18.2 Å². The fourth-order valence-corrected chi connectivity index (χ4v) is 2.50. The molecule has 5 heteroatoms. The Morgan fingerprint density at radius 3 is 2.67 bits per heavy atom. The Labute approximate surface area is 132 Å². The topological polar surface area (TPSA) is 50.7 Å². The van der Waals surface area contributed by atoms with E-state index in [1.807, 2.05) is 37.3 Å². The average Bonchev–Trinajstić information content (AvgIpc) is 2.48. The van der Waals surface area contributed by atoms with Crippen LogP contribution in [0.2, 0.25) is 0 Å². The highest BCUT2D eigenvalue weighted by molar-refractivity contribution is 9.10. The van der Waals surface area contributed by atoms with Crippen LogP contribution in [0.15, 0.2) is 40.9 Å². The minimum atomic E-state index is 0.180. The van der Waals surface area contributed by atoms with E-state index in [4.69, 9.17) is 9.47 Å². The number of hydrogen-bond donors (Lipinski definition) is 2. The van der Waals surface area contributed by atoms with Crippen LogP contribution >= 0.6 is 15.9 Å². The van der Waals surface area contributed by atoms with Crippen molar-refractivity contribution in [1.82, 2.24) is 0 Å². The molecule has 112 valence electrons. The zero-order valence-electron chi connectivity index (χ0n) is 12.0. The van der Waals surface area contributed by atoms with Gasteiger partial charge < -0.3 is 19.9 Å². The van der Waals surface area contributed by atoms with Crippen molar-refractivity contribution >= 4 is 21.6 Å². The van der Waals surface area contributed by atoms with Crippen LogP contribution in [0.25, 0.3) is 0 Å². The fourth-order valence-electron chi connectivity index (χ4n) is 1.96. The molecule has 21 heavy (non-hydrogen) atoms. The average molecular weight is 352 g/mol. The smallest absolute Gasteiger partial charge is 0.162 e. The molecule has 2 rings (SSSR count). The summed E-state index contributed by atoms with van der Waals surface area (Å²) < 4.78 is 11.4. The summed E-state index contributed by atoms with van der Waals surface area (Å²) in [6, 6.07) is 11.2. The quantitative estimate of drug-likeness (QED) is 0.819. The highest BCUT2D eigenvalue weighted by atomic mass is 79.9. The molecule has 0 unspecified atom stereocenters. The zero-order chi connectivity index (χ0) is 15.2. The number of anilines is 1. The summed E-state index contributed by atoms with van der Waals surface area (Å²) >= 11 is 3.45. The number of hydrogen-bond acceptors (Lipinski definition) is 4. The maximum absolute atomic E-state index is 10.1. The second-order valence-corrected chi connectivity index (χ2v) is 5.25. The second-order valence-electron chi connectivity index (χ2n) is 4.40. The number of nitrogens with one attached hydrogen (secondary N) is 1. The largest absolute Gasteiger partial charge is 0.504 e. The van der Waals surface area contributed by atoms with Gasteiger partial charge in [-0.1, -0.05) is 12.1 Å². The first-order valence-electron chi connectivity index (χ1n) is 6.66. The van der Waals surface area contributed by atoms with Gasteiger partial charge in [0.2, 0.25) is 0 Å². The van der Waals surface area contributed by atoms with Gasteiger partial charge in [0.1, 0.15) is 5.75 Å². The maximum Gasteiger partial charge on any atom is 0.162 e. The van der Waals surface area contributed by atoms with Crippen molar-refractivity contribution < 1.29 is 14.6 Å². The molecule has 0 aliphatic rings. The number of phenolic OH excluding ortho intramolecular Hbond substituents is 1. The predicted octanol–water partition coefficient (Wildman–Crippen LogP) is 4.17. The summed E-state index contributed by atoms with van der Waals surface area (Å²) in [5.74, 6) is 1.47. The Morgan fingerprint density at radius 1 is 1.19 bits per heavy atom. The van der Waals surface area contributed by atoms with E-state index in [9.17, 15) is 5.11 Å². The molecule has 0 atom stereocenters. The third-order valence-corrected chi connectivity index (χ3v) is 3.64. The van der Waals surface area contributed by atoms with Crippen LogP contribution in [0.1, 0.15) is 12.5 Å². The fraction of sp³-hybridized carbons (Fsp3) is 0.250. The summed E-state index contributed by atoms with van der Waals surface area (Å²) in [6.07, 6.45) is 0. The van der Waals surface area contributed by atoms with E-state index in [0.29, 0.717) is 18.9 Å². The second kappa shape index (κ2) is 7.22. The summed E-state index contributed by atoms with van der Waals surface area (Å²) in [5, 5.41) is 13.4. The number of benzene rings is 2. The van der Waals surface area contributed by atoms with Crippen LogP contribution in [0.4, 0.5) is 5.69 Å². The molecule has 0 amide bonds. The lowest BCUT2D eigenvalue weighted by atomic mass is 10.2. The summed E-state index contributed by atoms with van der Waals surface area (Å²) in [5.41, 5.74) is 1.72. The Kier molecular flexibility index (Phi) is 5.33. The van der Waals surface area contributed by atoms with Gasteiger partial charge in [-0.2, -0.15) is 0 Å². The van der Waals surface area contributed by atoms with Gasteiger partial charge in [-0.05, 0) is 47.1 Å². The Hall–Kier alpha value is -1.88. The first-order valence-corrected chi connectivity index (χ1v) is 7.46. The number of phenols is 1. The maximum atomic E-state index is 10.1. The molecule has 0 aromatic heterocycles. The van der Waals surface area contributed by atoms with Gasteiger partial charge in [0.15, 0.2) is 11.5 Å². The molecule has 0 fully saturated rings. The molecule has 0 saturated carbocycles. The van der Waals surface area contributed by atoms with E-state index < -0.39 is 0 Å². The van der Waals surface area contributed by atoms with E-state index in [1.54, 1.807) is 13.2 Å². The van der Waals surface area contributed by atoms with Gasteiger partial charge in [0, 0.05) is 17.8 Å². The van der Waals surface area contributed by atoms with Crippen LogP contribution < -0.4 is 14.8 Å². The van der Waals surface area contributed by atoms with Crippen LogP contribution in [0.3, 0.4) is 0 Å². The molecule has 0 aliphatic heterocycles. The van der Waals surface area contributed by atoms with Crippen molar-refractivity contribution in [1.29, 1.82) is 0 Å². The molecule has 0 saturated heterocycles. The number of rotatable bonds is 6. The molecule has 0 spiro atoms. The molecular weight excluding hydrogens is 334 g/mol. The van der Waals surface area contributed by atoms with E-state index in [0.717, 1.165) is 21.5 Å². The lowest BCUT2D eigenvalue weighted by Gasteiger charge is -2.12. The normalized spacial score (nSPS) is 10.2. The summed E-state index contributed by atoms with van der Waals surface area (Å²) in [6.45, 7) is 2.92. The molecular formula is C16H18BrNO3. The highest BCUT2D eigenvalue weighted by Gasteiger charge is 2.08. The first-order chi connectivity index (χ1) is 10.2. The Balaban J connectivity index is 2.09. The third kappa shape index (κ3) is 3.82. The Bertz CT molecular complexity index is 616. The number of halogens is 1. The van der Waals surface area contributed by atoms with Gasteiger partial charge in [-0.25, -0.2) is 0 Å². The highest BCUT2D eigenvalue weighted by Crippen LogP contribution is 2.31. The minimum Gasteiger partial charge on any atom is -0.504 e. The summed E-state index contributed by atoms with van der Waals surface area (Å²) in [7, 11) is 1.63.